The van der Waals surface area contributed by atoms with Crippen molar-refractivity contribution >= 4 is 105 Å². The second-order valence-electron chi connectivity index (χ2n) is 24.6. The van der Waals surface area contributed by atoms with Crippen LogP contribution in [0, 0.1) is 0 Å². The number of rotatable bonds is 6. The number of nitrogens with zero attached hydrogens (tertiary/aromatic N) is 3. The molecular weight excluding hydrogens is 878 g/mol. The van der Waals surface area contributed by atoms with E-state index in [0.717, 1.165) is 34.1 Å². The topological polar surface area (TPSA) is 10.9 Å². The van der Waals surface area contributed by atoms with Crippen molar-refractivity contribution in [1.29, 1.82) is 0 Å². The Morgan fingerprint density at radius 1 is 0.377 bits per heavy atom. The first-order valence-electron chi connectivity index (χ1n) is 24.7. The lowest BCUT2D eigenvalue weighted by molar-refractivity contribution is 0.590. The first kappa shape index (κ1) is 46.9. The predicted molar refractivity (Wildman–Crippen MR) is 304 cm³/mol. The van der Waals surface area contributed by atoms with Gasteiger partial charge < -0.3 is 14.2 Å². The van der Waals surface area contributed by atoms with Crippen LogP contribution in [0.4, 0.5) is 34.1 Å². The van der Waals surface area contributed by atoms with Crippen molar-refractivity contribution in [1.82, 2.24) is 4.40 Å². The third-order valence-corrected chi connectivity index (χ3v) is 15.8. The Morgan fingerprint density at radius 2 is 0.826 bits per heavy atom. The molecule has 0 atom stereocenters. The summed E-state index contributed by atoms with van der Waals surface area (Å²) < 4.78 is 3.77. The summed E-state index contributed by atoms with van der Waals surface area (Å²) in [5.74, 6) is 0. The van der Waals surface area contributed by atoms with Gasteiger partial charge in [0, 0.05) is 54.1 Å². The van der Waals surface area contributed by atoms with E-state index in [1.807, 2.05) is 0 Å². The van der Waals surface area contributed by atoms with Crippen LogP contribution in [0.5, 0.6) is 0 Å². The van der Waals surface area contributed by atoms with E-state index in [0.29, 0.717) is 5.02 Å². The summed E-state index contributed by atoms with van der Waals surface area (Å²) in [5, 5.41) is 9.35. The van der Waals surface area contributed by atoms with Gasteiger partial charge in [-0.2, -0.15) is 0 Å². The van der Waals surface area contributed by atoms with E-state index >= 15 is 0 Å². The molecule has 0 spiro atoms. The number of anilines is 6. The van der Waals surface area contributed by atoms with Crippen molar-refractivity contribution in [2.24, 2.45) is 0 Å². The summed E-state index contributed by atoms with van der Waals surface area (Å²) in [6, 6.07) is 50.7. The molecule has 0 saturated heterocycles. The van der Waals surface area contributed by atoms with E-state index in [2.05, 4.69) is 257 Å². The van der Waals surface area contributed by atoms with Gasteiger partial charge >= 0.3 is 0 Å². The number of thiophene rings is 1. The zero-order chi connectivity index (χ0) is 49.3. The standard InChI is InChI=1S/C64H68ClN3S/c1-60(2,3)39-19-25-44(26-20-39)66(46-29-30-47-49-35-43(64(13,14)15)36-50-48-33-41(62(7,8)9)23-31-52(48)68(59(49)50)55(47)37-46)53-17-16-18-54(58(53)65)67(45-27-21-40(22-28-45)61(4,5)6)56-38-69-57-32-24-42(34-51(56)57)63(10,11)12/h16-38H,1-15H3. The molecule has 352 valence electrons. The number of benzene rings is 7. The van der Waals surface area contributed by atoms with Crippen LogP contribution in [0.3, 0.4) is 0 Å². The van der Waals surface area contributed by atoms with E-state index in [9.17, 15) is 0 Å². The maximum atomic E-state index is 8.07. The molecule has 10 aromatic rings. The lowest BCUT2D eigenvalue weighted by atomic mass is 9.84. The highest BCUT2D eigenvalue weighted by Crippen LogP contribution is 2.51. The lowest BCUT2D eigenvalue weighted by Gasteiger charge is -2.31. The molecule has 0 aliphatic carbocycles. The minimum atomic E-state index is -0.0199. The van der Waals surface area contributed by atoms with Gasteiger partial charge in [0.2, 0.25) is 0 Å². The van der Waals surface area contributed by atoms with Crippen molar-refractivity contribution in [2.45, 2.75) is 131 Å². The van der Waals surface area contributed by atoms with Gasteiger partial charge in [-0.25, -0.2) is 0 Å². The van der Waals surface area contributed by atoms with Crippen LogP contribution >= 0.6 is 22.9 Å². The molecule has 3 nitrogen and oxygen atoms in total. The zero-order valence-corrected chi connectivity index (χ0v) is 45.0. The van der Waals surface area contributed by atoms with E-state index in [1.165, 1.54) is 76.0 Å². The van der Waals surface area contributed by atoms with E-state index < -0.39 is 0 Å². The maximum Gasteiger partial charge on any atom is 0.0887 e. The highest BCUT2D eigenvalue weighted by Gasteiger charge is 2.29. The van der Waals surface area contributed by atoms with Crippen molar-refractivity contribution in [3.05, 3.63) is 172 Å². The normalized spacial score (nSPS) is 13.2. The van der Waals surface area contributed by atoms with Gasteiger partial charge in [-0.1, -0.05) is 164 Å². The van der Waals surface area contributed by atoms with Crippen LogP contribution in [-0.2, 0) is 27.1 Å². The second-order valence-corrected chi connectivity index (χ2v) is 25.9. The first-order chi connectivity index (χ1) is 32.3. The number of halogens is 1. The fourth-order valence-corrected chi connectivity index (χ4v) is 11.3. The molecule has 0 fully saturated rings. The molecule has 0 aliphatic heterocycles. The summed E-state index contributed by atoms with van der Waals surface area (Å²) in [7, 11) is 0. The van der Waals surface area contributed by atoms with Gasteiger partial charge in [0.25, 0.3) is 0 Å². The average molecular weight is 947 g/mol. The third-order valence-electron chi connectivity index (χ3n) is 14.4. The van der Waals surface area contributed by atoms with Crippen LogP contribution in [0.2, 0.25) is 5.02 Å². The Morgan fingerprint density at radius 3 is 1.38 bits per heavy atom. The fraction of sp³-hybridized carbons (Fsp3) is 0.312. The Bertz CT molecular complexity index is 3570. The molecule has 3 heterocycles. The van der Waals surface area contributed by atoms with E-state index in [-0.39, 0.29) is 27.1 Å². The van der Waals surface area contributed by atoms with Crippen molar-refractivity contribution in [2.75, 3.05) is 9.80 Å². The fourth-order valence-electron chi connectivity index (χ4n) is 10.1. The van der Waals surface area contributed by atoms with E-state index in [1.54, 1.807) is 11.3 Å². The van der Waals surface area contributed by atoms with Gasteiger partial charge in [-0.05, 0) is 140 Å². The van der Waals surface area contributed by atoms with Crippen LogP contribution in [-0.4, -0.2) is 4.40 Å². The number of fused-ring (bicyclic) bond motifs is 7. The SMILES string of the molecule is CC(C)(C)c1ccc(N(c2ccc3c4cc(C(C)(C)C)cc5c6cc(C(C)(C)C)ccc6n(c3c2)c54)c2cccc(N(c3ccc(C(C)(C)C)cc3)c3csc4ccc(C(C)(C)C)cc34)c2Cl)cc1. The maximum absolute atomic E-state index is 8.07. The molecule has 0 saturated carbocycles. The number of aromatic nitrogens is 1. The van der Waals surface area contributed by atoms with Gasteiger partial charge in [-0.15, -0.1) is 11.3 Å². The second kappa shape index (κ2) is 16.1. The smallest absolute Gasteiger partial charge is 0.0887 e. The lowest BCUT2D eigenvalue weighted by Crippen LogP contribution is -2.16. The van der Waals surface area contributed by atoms with Crippen LogP contribution in [0.1, 0.15) is 132 Å². The Labute approximate surface area is 419 Å². The van der Waals surface area contributed by atoms with Gasteiger partial charge in [0.15, 0.2) is 0 Å². The highest BCUT2D eigenvalue weighted by atomic mass is 35.5. The first-order valence-corrected chi connectivity index (χ1v) is 25.9. The van der Waals surface area contributed by atoms with Crippen LogP contribution < -0.4 is 9.80 Å². The quantitative estimate of drug-likeness (QED) is 0.164. The molecular formula is C64H68ClN3S. The molecule has 0 aliphatic rings. The molecule has 7 aromatic carbocycles. The average Bonchev–Trinajstić information content (AvgIpc) is 3.95. The summed E-state index contributed by atoms with van der Waals surface area (Å²) in [6.45, 7) is 34.4. The van der Waals surface area contributed by atoms with Gasteiger partial charge in [0.1, 0.15) is 0 Å². The van der Waals surface area contributed by atoms with E-state index in [4.69, 9.17) is 11.6 Å². The van der Waals surface area contributed by atoms with Gasteiger partial charge in [-0.3, -0.25) is 0 Å². The molecule has 0 amide bonds. The Kier molecular flexibility index (Phi) is 11.0. The monoisotopic (exact) mass is 945 g/mol. The molecule has 69 heavy (non-hydrogen) atoms. The molecule has 0 unspecified atom stereocenters. The zero-order valence-electron chi connectivity index (χ0n) is 43.4. The van der Waals surface area contributed by atoms with Gasteiger partial charge in [0.05, 0.1) is 38.6 Å². The van der Waals surface area contributed by atoms with Crippen molar-refractivity contribution in [3.8, 4) is 0 Å². The number of hydrogen-bond donors (Lipinski definition) is 0. The summed E-state index contributed by atoms with van der Waals surface area (Å²) in [6.07, 6.45) is 0. The third kappa shape index (κ3) is 8.16. The Balaban J connectivity index is 1.23. The molecule has 5 heteroatoms. The Hall–Kier alpha value is -5.81. The summed E-state index contributed by atoms with van der Waals surface area (Å²) >= 11 is 9.85. The summed E-state index contributed by atoms with van der Waals surface area (Å²) in [5.41, 5.74) is 16.4. The molecule has 3 aromatic heterocycles. The predicted octanol–water partition coefficient (Wildman–Crippen LogP) is 20.1. The number of hydrogen-bond acceptors (Lipinski definition) is 3. The highest BCUT2D eigenvalue weighted by molar-refractivity contribution is 7.17. The van der Waals surface area contributed by atoms with Crippen molar-refractivity contribution < 1.29 is 0 Å². The molecule has 0 bridgehead atoms. The van der Waals surface area contributed by atoms with Crippen LogP contribution in [0.25, 0.3) is 48.2 Å². The minimum Gasteiger partial charge on any atom is -0.309 e. The minimum absolute atomic E-state index is 0.000907. The largest absolute Gasteiger partial charge is 0.309 e. The summed E-state index contributed by atoms with van der Waals surface area (Å²) in [4.78, 5) is 4.75. The molecule has 0 N–H and O–H groups in total. The molecule has 10 rings (SSSR count). The molecule has 0 radical (unpaired) electrons. The van der Waals surface area contributed by atoms with Crippen molar-refractivity contribution in [3.63, 3.8) is 0 Å². The van der Waals surface area contributed by atoms with Crippen LogP contribution in [0.15, 0.2) is 139 Å².